The number of urea groups is 1. The zero-order chi connectivity index (χ0) is 24.2. The Hall–Kier alpha value is -3.83. The standard InChI is InChI=1S/C24H28N8O3/c1-15(14-33)26-22-29-21(30-23(31-22)32-12-19-8-9-20(13-32)35-19)16-4-6-17(7-5-16)27-24(34)28-18-3-2-10-25-11-18/h2-7,10-11,15,19-20,33H,8-9,12-14H2,1H3,(H2,27,28,34)(H,26,29,30,31)/t15-,19?,20?/m1/s1. The third-order valence-corrected chi connectivity index (χ3v) is 5.92. The van der Waals surface area contributed by atoms with Crippen molar-refractivity contribution in [3.05, 3.63) is 48.8 Å². The molecule has 2 saturated heterocycles. The van der Waals surface area contributed by atoms with Crippen molar-refractivity contribution in [2.45, 2.75) is 38.0 Å². The maximum absolute atomic E-state index is 12.3. The molecule has 4 heterocycles. The molecule has 2 aromatic heterocycles. The third-order valence-electron chi connectivity index (χ3n) is 5.92. The lowest BCUT2D eigenvalue weighted by molar-refractivity contribution is 0.0299. The first-order valence-electron chi connectivity index (χ1n) is 11.7. The summed E-state index contributed by atoms with van der Waals surface area (Å²) in [6.07, 6.45) is 5.71. The Kier molecular flexibility index (Phi) is 6.68. The molecular formula is C24H28N8O3. The number of amides is 2. The maximum atomic E-state index is 12.3. The van der Waals surface area contributed by atoms with Crippen LogP contribution in [0, 0.1) is 0 Å². The Morgan fingerprint density at radius 3 is 2.51 bits per heavy atom. The first-order valence-corrected chi connectivity index (χ1v) is 11.7. The number of fused-ring (bicyclic) bond motifs is 2. The van der Waals surface area contributed by atoms with Crippen molar-refractivity contribution in [2.75, 3.05) is 40.5 Å². The molecule has 5 rings (SSSR count). The van der Waals surface area contributed by atoms with Crippen molar-refractivity contribution in [1.82, 2.24) is 19.9 Å². The highest BCUT2D eigenvalue weighted by molar-refractivity contribution is 5.99. The molecule has 3 aromatic rings. The number of hydrogen-bond donors (Lipinski definition) is 4. The summed E-state index contributed by atoms with van der Waals surface area (Å²) in [5.41, 5.74) is 2.01. The van der Waals surface area contributed by atoms with Crippen molar-refractivity contribution in [3.8, 4) is 11.4 Å². The number of anilines is 4. The molecule has 2 bridgehead atoms. The highest BCUT2D eigenvalue weighted by Gasteiger charge is 2.35. The minimum Gasteiger partial charge on any atom is -0.394 e. The quantitative estimate of drug-likeness (QED) is 0.405. The van der Waals surface area contributed by atoms with Crippen molar-refractivity contribution >= 4 is 29.3 Å². The van der Waals surface area contributed by atoms with Crippen molar-refractivity contribution in [2.24, 2.45) is 0 Å². The average Bonchev–Trinajstić information content (AvgIpc) is 3.21. The average molecular weight is 477 g/mol. The summed E-state index contributed by atoms with van der Waals surface area (Å²) >= 11 is 0. The van der Waals surface area contributed by atoms with Crippen LogP contribution in [0.15, 0.2) is 48.8 Å². The van der Waals surface area contributed by atoms with E-state index in [-0.39, 0.29) is 30.9 Å². The number of morpholine rings is 1. The minimum atomic E-state index is -0.361. The summed E-state index contributed by atoms with van der Waals surface area (Å²) in [7, 11) is 0. The first-order chi connectivity index (χ1) is 17.1. The number of rotatable bonds is 7. The van der Waals surface area contributed by atoms with Gasteiger partial charge < -0.3 is 30.7 Å². The maximum Gasteiger partial charge on any atom is 0.323 e. The molecule has 182 valence electrons. The third kappa shape index (κ3) is 5.64. The van der Waals surface area contributed by atoms with E-state index in [9.17, 15) is 9.90 Å². The van der Waals surface area contributed by atoms with Crippen molar-refractivity contribution in [3.63, 3.8) is 0 Å². The molecule has 0 aliphatic carbocycles. The second-order valence-electron chi connectivity index (χ2n) is 8.77. The van der Waals surface area contributed by atoms with E-state index < -0.39 is 0 Å². The van der Waals surface area contributed by atoms with E-state index in [1.807, 2.05) is 19.1 Å². The van der Waals surface area contributed by atoms with Crippen LogP contribution in [0.25, 0.3) is 11.4 Å². The topological polar surface area (TPSA) is 137 Å². The molecule has 1 aromatic carbocycles. The van der Waals surface area contributed by atoms with Crippen molar-refractivity contribution in [1.29, 1.82) is 0 Å². The predicted octanol–water partition coefficient (Wildman–Crippen LogP) is 2.74. The SMILES string of the molecule is C[C@H](CO)Nc1nc(-c2ccc(NC(=O)Nc3cccnc3)cc2)nc(N2CC3CCC(C2)O3)n1. The highest BCUT2D eigenvalue weighted by atomic mass is 16.5. The van der Waals surface area contributed by atoms with Gasteiger partial charge in [-0.2, -0.15) is 15.0 Å². The summed E-state index contributed by atoms with van der Waals surface area (Å²) in [6.45, 7) is 3.29. The van der Waals surface area contributed by atoms with E-state index in [4.69, 9.17) is 9.72 Å². The minimum absolute atomic E-state index is 0.0421. The van der Waals surface area contributed by atoms with Gasteiger partial charge >= 0.3 is 6.03 Å². The number of nitrogens with one attached hydrogen (secondary N) is 3. The van der Waals surface area contributed by atoms with Crippen LogP contribution in [0.2, 0.25) is 0 Å². The number of carbonyl (C=O) groups excluding carboxylic acids is 1. The van der Waals surface area contributed by atoms with Gasteiger partial charge in [0, 0.05) is 36.6 Å². The zero-order valence-electron chi connectivity index (χ0n) is 19.4. The number of nitrogens with zero attached hydrogens (tertiary/aromatic N) is 5. The molecule has 0 saturated carbocycles. The fraction of sp³-hybridized carbons (Fsp3) is 0.375. The van der Waals surface area contributed by atoms with Crippen LogP contribution in [-0.4, -0.2) is 69.0 Å². The van der Waals surface area contributed by atoms with Crippen LogP contribution in [0.4, 0.5) is 28.1 Å². The van der Waals surface area contributed by atoms with Crippen LogP contribution in [0.1, 0.15) is 19.8 Å². The molecular weight excluding hydrogens is 448 g/mol. The van der Waals surface area contributed by atoms with Gasteiger partial charge in [0.15, 0.2) is 5.82 Å². The number of benzene rings is 1. The van der Waals surface area contributed by atoms with Crippen LogP contribution in [-0.2, 0) is 4.74 Å². The van der Waals surface area contributed by atoms with Gasteiger partial charge in [-0.25, -0.2) is 4.79 Å². The molecule has 2 unspecified atom stereocenters. The van der Waals surface area contributed by atoms with Gasteiger partial charge in [-0.15, -0.1) is 0 Å². The molecule has 35 heavy (non-hydrogen) atoms. The predicted molar refractivity (Wildman–Crippen MR) is 132 cm³/mol. The summed E-state index contributed by atoms with van der Waals surface area (Å²) in [4.78, 5) is 32.3. The second-order valence-corrected chi connectivity index (χ2v) is 8.77. The molecule has 0 spiro atoms. The summed E-state index contributed by atoms with van der Waals surface area (Å²) < 4.78 is 5.95. The van der Waals surface area contributed by atoms with E-state index >= 15 is 0 Å². The van der Waals surface area contributed by atoms with Crippen molar-refractivity contribution < 1.29 is 14.6 Å². The lowest BCUT2D eigenvalue weighted by Gasteiger charge is -2.32. The smallest absolute Gasteiger partial charge is 0.323 e. The molecule has 0 radical (unpaired) electrons. The number of pyridine rings is 1. The lowest BCUT2D eigenvalue weighted by atomic mass is 10.2. The van der Waals surface area contributed by atoms with E-state index in [1.165, 1.54) is 0 Å². The van der Waals surface area contributed by atoms with Gasteiger partial charge in [-0.05, 0) is 56.2 Å². The Morgan fingerprint density at radius 2 is 1.83 bits per heavy atom. The zero-order valence-corrected chi connectivity index (χ0v) is 19.4. The van der Waals surface area contributed by atoms with Gasteiger partial charge in [0.25, 0.3) is 0 Å². The molecule has 11 heteroatoms. The van der Waals surface area contributed by atoms with E-state index in [0.717, 1.165) is 31.5 Å². The Balaban J connectivity index is 1.34. The monoisotopic (exact) mass is 476 g/mol. The number of carbonyl (C=O) groups is 1. The largest absolute Gasteiger partial charge is 0.394 e. The van der Waals surface area contributed by atoms with Gasteiger partial charge in [0.05, 0.1) is 30.7 Å². The summed E-state index contributed by atoms with van der Waals surface area (Å²) in [6, 6.07) is 10.2. The molecule has 2 fully saturated rings. The van der Waals surface area contributed by atoms with Gasteiger partial charge in [0.2, 0.25) is 11.9 Å². The number of aliphatic hydroxyl groups excluding tert-OH is 1. The molecule has 2 amide bonds. The second kappa shape index (κ2) is 10.2. The van der Waals surface area contributed by atoms with Gasteiger partial charge in [-0.3, -0.25) is 4.98 Å². The summed E-state index contributed by atoms with van der Waals surface area (Å²) in [5.74, 6) is 1.50. The Bertz CT molecular complexity index is 1150. The van der Waals surface area contributed by atoms with E-state index in [2.05, 4.69) is 35.8 Å². The Morgan fingerprint density at radius 1 is 1.09 bits per heavy atom. The Labute approximate surface area is 203 Å². The molecule has 2 aliphatic rings. The fourth-order valence-corrected chi connectivity index (χ4v) is 4.18. The van der Waals surface area contributed by atoms with Crippen LogP contribution in [0.5, 0.6) is 0 Å². The van der Waals surface area contributed by atoms with Gasteiger partial charge in [-0.1, -0.05) is 0 Å². The first kappa shape index (κ1) is 22.9. The molecule has 11 nitrogen and oxygen atoms in total. The normalized spacial score (nSPS) is 19.8. The number of hydrogen-bond acceptors (Lipinski definition) is 9. The van der Waals surface area contributed by atoms with Crippen LogP contribution in [0.3, 0.4) is 0 Å². The number of ether oxygens (including phenoxy) is 1. The fourth-order valence-electron chi connectivity index (χ4n) is 4.18. The number of aromatic nitrogens is 4. The molecule has 3 atom stereocenters. The van der Waals surface area contributed by atoms with E-state index in [1.54, 1.807) is 36.7 Å². The van der Waals surface area contributed by atoms with Crippen LogP contribution >= 0.6 is 0 Å². The highest BCUT2D eigenvalue weighted by Crippen LogP contribution is 2.29. The molecule has 2 aliphatic heterocycles. The lowest BCUT2D eigenvalue weighted by Crippen LogP contribution is -2.43. The van der Waals surface area contributed by atoms with Gasteiger partial charge in [0.1, 0.15) is 0 Å². The van der Waals surface area contributed by atoms with E-state index in [0.29, 0.717) is 29.1 Å². The number of aliphatic hydroxyl groups is 1. The molecule has 4 N–H and O–H groups in total. The van der Waals surface area contributed by atoms with Crippen LogP contribution < -0.4 is 20.9 Å². The summed E-state index contributed by atoms with van der Waals surface area (Å²) in [5, 5.41) is 18.1.